The Balaban J connectivity index is 1.93. The maximum absolute atomic E-state index is 13.7. The standard InChI is InChI=1S/C25H21F3N4O3/c1-3-34-22-11-5-16-13-20(15-4-10-21(29)17(12-15)14-30-2)24(33)32(23(16)31-22)18-6-8-19(9-7-18)35-25(26,27)28/h4-14,29-30H,3H2,1-2H3/b17-14-,29-21?. The van der Waals surface area contributed by atoms with Gasteiger partial charge >= 0.3 is 6.36 Å². The van der Waals surface area contributed by atoms with E-state index in [1.807, 2.05) is 0 Å². The van der Waals surface area contributed by atoms with Gasteiger partial charge in [-0.3, -0.25) is 9.36 Å². The molecule has 2 aromatic heterocycles. The predicted octanol–water partition coefficient (Wildman–Crippen LogP) is 4.76. The molecular formula is C25H21F3N4O3. The first-order valence-corrected chi connectivity index (χ1v) is 10.6. The third-order valence-corrected chi connectivity index (χ3v) is 5.11. The summed E-state index contributed by atoms with van der Waals surface area (Å²) in [5.41, 5.74) is 1.95. The molecule has 7 nitrogen and oxygen atoms in total. The van der Waals surface area contributed by atoms with Crippen molar-refractivity contribution < 1.29 is 22.6 Å². The smallest absolute Gasteiger partial charge is 0.478 e. The summed E-state index contributed by atoms with van der Waals surface area (Å²) < 4.78 is 48.5. The van der Waals surface area contributed by atoms with Crippen LogP contribution in [-0.2, 0) is 0 Å². The van der Waals surface area contributed by atoms with Crippen molar-refractivity contribution >= 4 is 22.3 Å². The van der Waals surface area contributed by atoms with Crippen LogP contribution in [0.1, 0.15) is 12.5 Å². The fourth-order valence-corrected chi connectivity index (χ4v) is 3.64. The Bertz CT molecular complexity index is 1440. The Hall–Kier alpha value is -4.34. The molecule has 0 unspecified atom stereocenters. The zero-order valence-electron chi connectivity index (χ0n) is 18.8. The molecule has 0 amide bonds. The summed E-state index contributed by atoms with van der Waals surface area (Å²) in [7, 11) is 1.71. The van der Waals surface area contributed by atoms with Crippen molar-refractivity contribution in [3.8, 4) is 17.3 Å². The average molecular weight is 482 g/mol. The molecule has 0 fully saturated rings. The Kier molecular flexibility index (Phi) is 6.46. The van der Waals surface area contributed by atoms with E-state index in [2.05, 4.69) is 15.0 Å². The van der Waals surface area contributed by atoms with Gasteiger partial charge in [0.25, 0.3) is 5.56 Å². The van der Waals surface area contributed by atoms with Gasteiger partial charge in [-0.1, -0.05) is 6.08 Å². The monoisotopic (exact) mass is 482 g/mol. The van der Waals surface area contributed by atoms with E-state index in [1.54, 1.807) is 56.6 Å². The van der Waals surface area contributed by atoms with Crippen molar-refractivity contribution in [1.29, 1.82) is 5.41 Å². The second-order valence-corrected chi connectivity index (χ2v) is 7.47. The van der Waals surface area contributed by atoms with Gasteiger partial charge in [-0.05, 0) is 61.0 Å². The van der Waals surface area contributed by atoms with Crippen LogP contribution in [0, 0.1) is 5.41 Å². The first kappa shape index (κ1) is 23.8. The summed E-state index contributed by atoms with van der Waals surface area (Å²) in [6, 6.07) is 10.1. The number of ether oxygens (including phenoxy) is 2. The average Bonchev–Trinajstić information content (AvgIpc) is 2.80. The molecule has 10 heteroatoms. The van der Waals surface area contributed by atoms with Crippen LogP contribution in [0.2, 0.25) is 0 Å². The number of allylic oxidation sites excluding steroid dienone is 5. The van der Waals surface area contributed by atoms with Crippen molar-refractivity contribution in [2.45, 2.75) is 13.3 Å². The number of alkyl halides is 3. The van der Waals surface area contributed by atoms with Crippen LogP contribution in [-0.4, -0.2) is 35.3 Å². The van der Waals surface area contributed by atoms with E-state index in [0.717, 1.165) is 12.1 Å². The van der Waals surface area contributed by atoms with Crippen molar-refractivity contribution in [2.75, 3.05) is 13.7 Å². The van der Waals surface area contributed by atoms with Gasteiger partial charge in [0.05, 0.1) is 18.0 Å². The van der Waals surface area contributed by atoms with E-state index in [1.165, 1.54) is 16.7 Å². The van der Waals surface area contributed by atoms with Crippen LogP contribution in [0.4, 0.5) is 13.2 Å². The SMILES string of the molecule is CCOc1ccc2cc(C3=C/C(=C/NC)C(=N)C=C3)c(=O)n(-c3ccc(OC(F)(F)F)cc3)c2n1. The molecule has 0 saturated carbocycles. The van der Waals surface area contributed by atoms with Crippen LogP contribution >= 0.6 is 0 Å². The minimum absolute atomic E-state index is 0.285. The van der Waals surface area contributed by atoms with Gasteiger partial charge in [0.2, 0.25) is 5.88 Å². The number of halogens is 3. The van der Waals surface area contributed by atoms with Gasteiger partial charge in [0.1, 0.15) is 5.75 Å². The quantitative estimate of drug-likeness (QED) is 0.529. The summed E-state index contributed by atoms with van der Waals surface area (Å²) in [6.45, 7) is 2.17. The lowest BCUT2D eigenvalue weighted by molar-refractivity contribution is -0.274. The number of fused-ring (bicyclic) bond motifs is 1. The Morgan fingerprint density at radius 3 is 2.54 bits per heavy atom. The number of hydrogen-bond acceptors (Lipinski definition) is 6. The molecule has 4 rings (SSSR count). The number of pyridine rings is 2. The molecule has 1 aliphatic carbocycles. The molecule has 3 aromatic rings. The van der Waals surface area contributed by atoms with Crippen molar-refractivity contribution in [1.82, 2.24) is 14.9 Å². The zero-order valence-corrected chi connectivity index (χ0v) is 18.8. The molecular weight excluding hydrogens is 461 g/mol. The molecule has 0 atom stereocenters. The lowest BCUT2D eigenvalue weighted by atomic mass is 9.95. The fraction of sp³-hybridized carbons (Fsp3) is 0.160. The number of nitrogens with one attached hydrogen (secondary N) is 2. The lowest BCUT2D eigenvalue weighted by Crippen LogP contribution is -2.23. The second kappa shape index (κ2) is 9.49. The predicted molar refractivity (Wildman–Crippen MR) is 127 cm³/mol. The molecule has 2 heterocycles. The van der Waals surface area contributed by atoms with Gasteiger partial charge < -0.3 is 20.2 Å². The number of nitrogens with zero attached hydrogens (tertiary/aromatic N) is 2. The molecule has 35 heavy (non-hydrogen) atoms. The number of rotatable bonds is 6. The summed E-state index contributed by atoms with van der Waals surface area (Å²) in [4.78, 5) is 18.2. The number of hydrogen-bond donors (Lipinski definition) is 2. The Morgan fingerprint density at radius 1 is 1.14 bits per heavy atom. The summed E-state index contributed by atoms with van der Waals surface area (Å²) >= 11 is 0. The topological polar surface area (TPSA) is 89.2 Å². The first-order chi connectivity index (χ1) is 16.7. The molecule has 0 spiro atoms. The van der Waals surface area contributed by atoms with E-state index in [4.69, 9.17) is 10.1 Å². The molecule has 0 radical (unpaired) electrons. The van der Waals surface area contributed by atoms with Gasteiger partial charge in [0.15, 0.2) is 5.65 Å². The summed E-state index contributed by atoms with van der Waals surface area (Å²) in [5.74, 6) is -0.0987. The van der Waals surface area contributed by atoms with E-state index in [-0.39, 0.29) is 11.4 Å². The van der Waals surface area contributed by atoms with E-state index < -0.39 is 17.7 Å². The van der Waals surface area contributed by atoms with Gasteiger partial charge in [-0.2, -0.15) is 4.98 Å². The highest BCUT2D eigenvalue weighted by Crippen LogP contribution is 2.28. The third-order valence-electron chi connectivity index (χ3n) is 5.11. The molecule has 1 aliphatic rings. The normalized spacial score (nSPS) is 14.8. The molecule has 0 saturated heterocycles. The van der Waals surface area contributed by atoms with E-state index in [0.29, 0.717) is 40.3 Å². The number of benzene rings is 1. The molecule has 2 N–H and O–H groups in total. The van der Waals surface area contributed by atoms with E-state index in [9.17, 15) is 18.0 Å². The number of aromatic nitrogens is 2. The van der Waals surface area contributed by atoms with Gasteiger partial charge in [-0.15, -0.1) is 13.2 Å². The Labute approximate surface area is 198 Å². The van der Waals surface area contributed by atoms with Gasteiger partial charge in [0, 0.05) is 35.8 Å². The third kappa shape index (κ3) is 5.11. The zero-order chi connectivity index (χ0) is 25.2. The highest BCUT2D eigenvalue weighted by Gasteiger charge is 2.31. The second-order valence-electron chi connectivity index (χ2n) is 7.47. The van der Waals surface area contributed by atoms with Crippen LogP contribution in [0.25, 0.3) is 22.3 Å². The van der Waals surface area contributed by atoms with Crippen LogP contribution in [0.5, 0.6) is 11.6 Å². The minimum atomic E-state index is -4.83. The fourth-order valence-electron chi connectivity index (χ4n) is 3.64. The molecule has 180 valence electrons. The molecule has 0 aliphatic heterocycles. The molecule has 0 bridgehead atoms. The van der Waals surface area contributed by atoms with Crippen molar-refractivity contribution in [2.24, 2.45) is 0 Å². The largest absolute Gasteiger partial charge is 0.573 e. The van der Waals surface area contributed by atoms with E-state index >= 15 is 0 Å². The summed E-state index contributed by atoms with van der Waals surface area (Å²) in [6.07, 6.45) is 1.80. The minimum Gasteiger partial charge on any atom is -0.478 e. The highest BCUT2D eigenvalue weighted by atomic mass is 19.4. The Morgan fingerprint density at radius 2 is 1.89 bits per heavy atom. The maximum Gasteiger partial charge on any atom is 0.573 e. The van der Waals surface area contributed by atoms with Crippen LogP contribution < -0.4 is 20.3 Å². The lowest BCUT2D eigenvalue weighted by Gasteiger charge is -2.16. The van der Waals surface area contributed by atoms with Crippen molar-refractivity contribution in [3.05, 3.63) is 88.4 Å². The first-order valence-electron chi connectivity index (χ1n) is 10.6. The summed E-state index contributed by atoms with van der Waals surface area (Å²) in [5, 5.41) is 11.6. The van der Waals surface area contributed by atoms with Crippen LogP contribution in [0.15, 0.2) is 77.3 Å². The van der Waals surface area contributed by atoms with Gasteiger partial charge in [-0.25, -0.2) is 0 Å². The molecule has 1 aromatic carbocycles. The highest BCUT2D eigenvalue weighted by molar-refractivity contribution is 6.13. The van der Waals surface area contributed by atoms with Crippen molar-refractivity contribution in [3.63, 3.8) is 0 Å². The van der Waals surface area contributed by atoms with Crippen LogP contribution in [0.3, 0.4) is 0 Å². The maximum atomic E-state index is 13.7.